The molecule has 0 bridgehead atoms. The maximum absolute atomic E-state index is 11.2. The second kappa shape index (κ2) is 9.15. The number of nitrogens with zero attached hydrogens (tertiary/aromatic N) is 1. The van der Waals surface area contributed by atoms with Crippen LogP contribution in [0, 0.1) is 0 Å². The molecule has 1 fully saturated rings. The molecule has 0 radical (unpaired) electrons. The van der Waals surface area contributed by atoms with Gasteiger partial charge in [0, 0.05) is 19.5 Å². The van der Waals surface area contributed by atoms with E-state index in [0.717, 1.165) is 45.2 Å². The molecule has 0 atom stereocenters. The van der Waals surface area contributed by atoms with Crippen LogP contribution in [0.15, 0.2) is 12.7 Å². The van der Waals surface area contributed by atoms with Gasteiger partial charge in [-0.05, 0) is 19.0 Å². The molecule has 0 unspecified atom stereocenters. The van der Waals surface area contributed by atoms with Gasteiger partial charge in [-0.15, -0.1) is 0 Å². The monoisotopic (exact) mass is 261 g/mol. The van der Waals surface area contributed by atoms with Crippen LogP contribution in [0.3, 0.4) is 0 Å². The molecule has 1 heterocycles. The Balaban J connectivity index is 0.00000256. The summed E-state index contributed by atoms with van der Waals surface area (Å²) in [6.45, 7) is 8.69. The van der Waals surface area contributed by atoms with Crippen LogP contribution in [0.2, 0.25) is 0 Å². The zero-order valence-electron chi connectivity index (χ0n) is 9.95. The number of amides is 2. The molecule has 1 aliphatic heterocycles. The molecule has 1 saturated heterocycles. The Morgan fingerprint density at radius 1 is 1.35 bits per heavy atom. The van der Waals surface area contributed by atoms with Crippen LogP contribution in [0.4, 0.5) is 0 Å². The van der Waals surface area contributed by atoms with Crippen molar-refractivity contribution < 1.29 is 27.3 Å². The van der Waals surface area contributed by atoms with E-state index in [2.05, 4.69) is 22.1 Å². The standard InChI is InChI=1S/C11H19N3O2.ClH/c1-2-10(15)13-11(16)4-3-7-14-8-5-12-6-9-14;/h2,12H,1,3-9H2,(H,13,15,16);1H. The number of hydrogen-bond acceptors (Lipinski definition) is 3. The van der Waals surface area contributed by atoms with Crippen LogP contribution in [0.5, 0.6) is 0 Å². The third-order valence-corrected chi connectivity index (χ3v) is 2.63. The lowest BCUT2D eigenvalue weighted by atomic mass is 10.2. The van der Waals surface area contributed by atoms with Crippen molar-refractivity contribution in [3.05, 3.63) is 12.7 Å². The fourth-order valence-electron chi connectivity index (χ4n) is 1.74. The average Bonchev–Trinajstić information content (AvgIpc) is 2.30. The highest BCUT2D eigenvalue weighted by atomic mass is 35.5. The molecule has 3 N–H and O–H groups in total. The van der Waals surface area contributed by atoms with E-state index >= 15 is 0 Å². The van der Waals surface area contributed by atoms with E-state index in [9.17, 15) is 9.59 Å². The summed E-state index contributed by atoms with van der Waals surface area (Å²) in [5.74, 6) is -0.633. The van der Waals surface area contributed by atoms with Gasteiger partial charge in [-0.25, -0.2) is 0 Å². The first kappa shape index (κ1) is 16.1. The highest BCUT2D eigenvalue weighted by molar-refractivity contribution is 6.00. The average molecular weight is 262 g/mol. The minimum atomic E-state index is -0.419. The molecule has 1 aliphatic rings. The van der Waals surface area contributed by atoms with Crippen molar-refractivity contribution in [2.45, 2.75) is 12.8 Å². The van der Waals surface area contributed by atoms with Crippen molar-refractivity contribution in [2.75, 3.05) is 32.7 Å². The van der Waals surface area contributed by atoms with Gasteiger partial charge < -0.3 is 17.7 Å². The Hall–Kier alpha value is -0.910. The van der Waals surface area contributed by atoms with Crippen molar-refractivity contribution in [1.29, 1.82) is 0 Å². The number of rotatable bonds is 5. The number of nitrogens with two attached hydrogens (primary N) is 1. The largest absolute Gasteiger partial charge is 1.00 e. The first-order valence-corrected chi connectivity index (χ1v) is 5.72. The predicted molar refractivity (Wildman–Crippen MR) is 60.7 cm³/mol. The van der Waals surface area contributed by atoms with Gasteiger partial charge in [-0.1, -0.05) is 6.58 Å². The number of halogens is 1. The smallest absolute Gasteiger partial charge is 0.249 e. The summed E-state index contributed by atoms with van der Waals surface area (Å²) < 4.78 is 0. The molecule has 98 valence electrons. The van der Waals surface area contributed by atoms with E-state index in [1.165, 1.54) is 0 Å². The van der Waals surface area contributed by atoms with E-state index < -0.39 is 5.91 Å². The minimum absolute atomic E-state index is 0. The first-order valence-electron chi connectivity index (χ1n) is 5.72. The SMILES string of the molecule is C=CC(=O)NC(=O)CCCN1CC[NH2+]CC1.[Cl-]. The van der Waals surface area contributed by atoms with E-state index in [-0.39, 0.29) is 18.3 Å². The summed E-state index contributed by atoms with van der Waals surface area (Å²) >= 11 is 0. The van der Waals surface area contributed by atoms with Crippen LogP contribution in [0.1, 0.15) is 12.8 Å². The number of nitrogens with one attached hydrogen (secondary N) is 1. The number of carbonyl (C=O) groups excluding carboxylic acids is 2. The lowest BCUT2D eigenvalue weighted by molar-refractivity contribution is -0.663. The maximum atomic E-state index is 11.2. The predicted octanol–water partition coefficient (Wildman–Crippen LogP) is -4.52. The molecule has 0 aliphatic carbocycles. The van der Waals surface area contributed by atoms with Crippen LogP contribution >= 0.6 is 0 Å². The molecule has 0 aromatic rings. The zero-order valence-corrected chi connectivity index (χ0v) is 10.7. The lowest BCUT2D eigenvalue weighted by Crippen LogP contribution is -3.00. The maximum Gasteiger partial charge on any atom is 0.249 e. The Bertz CT molecular complexity index is 265. The summed E-state index contributed by atoms with van der Waals surface area (Å²) in [7, 11) is 0. The second-order valence-electron chi connectivity index (χ2n) is 3.93. The van der Waals surface area contributed by atoms with Gasteiger partial charge in [0.25, 0.3) is 0 Å². The molecule has 2 amide bonds. The number of carbonyl (C=O) groups is 2. The zero-order chi connectivity index (χ0) is 11.8. The van der Waals surface area contributed by atoms with E-state index in [0.29, 0.717) is 6.42 Å². The fourth-order valence-corrected chi connectivity index (χ4v) is 1.74. The molecule has 0 aromatic carbocycles. The quantitative estimate of drug-likeness (QED) is 0.490. The molecule has 1 rings (SSSR count). The fraction of sp³-hybridized carbons (Fsp3) is 0.636. The second-order valence-corrected chi connectivity index (χ2v) is 3.93. The number of imide groups is 1. The Labute approximate surface area is 108 Å². The molecule has 0 aromatic heterocycles. The van der Waals surface area contributed by atoms with E-state index in [1.807, 2.05) is 0 Å². The number of piperazine rings is 1. The van der Waals surface area contributed by atoms with Crippen molar-refractivity contribution in [1.82, 2.24) is 10.2 Å². The van der Waals surface area contributed by atoms with Crippen LogP contribution in [-0.2, 0) is 9.59 Å². The highest BCUT2D eigenvalue weighted by Crippen LogP contribution is 1.95. The van der Waals surface area contributed by atoms with E-state index in [1.54, 1.807) is 0 Å². The van der Waals surface area contributed by atoms with Gasteiger partial charge >= 0.3 is 0 Å². The van der Waals surface area contributed by atoms with Crippen molar-refractivity contribution in [2.24, 2.45) is 0 Å². The van der Waals surface area contributed by atoms with Gasteiger partial charge in [-0.2, -0.15) is 0 Å². The minimum Gasteiger partial charge on any atom is -1.00 e. The van der Waals surface area contributed by atoms with Crippen LogP contribution < -0.4 is 23.0 Å². The summed E-state index contributed by atoms with van der Waals surface area (Å²) in [6.07, 6.45) is 2.31. The van der Waals surface area contributed by atoms with Gasteiger partial charge in [0.2, 0.25) is 11.8 Å². The van der Waals surface area contributed by atoms with Gasteiger partial charge in [0.15, 0.2) is 0 Å². The molecule has 0 spiro atoms. The van der Waals surface area contributed by atoms with E-state index in [4.69, 9.17) is 0 Å². The van der Waals surface area contributed by atoms with Crippen molar-refractivity contribution in [3.63, 3.8) is 0 Å². The third-order valence-electron chi connectivity index (χ3n) is 2.63. The Kier molecular flexibility index (Phi) is 8.66. The molecule has 6 heteroatoms. The summed E-state index contributed by atoms with van der Waals surface area (Å²) in [5.41, 5.74) is 0. The van der Waals surface area contributed by atoms with Gasteiger partial charge in [0.1, 0.15) is 0 Å². The van der Waals surface area contributed by atoms with Crippen LogP contribution in [0.25, 0.3) is 0 Å². The van der Waals surface area contributed by atoms with Crippen LogP contribution in [-0.4, -0.2) is 49.4 Å². The summed E-state index contributed by atoms with van der Waals surface area (Å²) in [6, 6.07) is 0. The van der Waals surface area contributed by atoms with Crippen molar-refractivity contribution in [3.8, 4) is 0 Å². The highest BCUT2D eigenvalue weighted by Gasteiger charge is 2.12. The Morgan fingerprint density at radius 2 is 2.00 bits per heavy atom. The number of hydrogen-bond donors (Lipinski definition) is 2. The first-order chi connectivity index (χ1) is 7.72. The Morgan fingerprint density at radius 3 is 2.59 bits per heavy atom. The molecular weight excluding hydrogens is 242 g/mol. The molecular formula is C11H20ClN3O2. The molecule has 5 nitrogen and oxygen atoms in total. The van der Waals surface area contributed by atoms with Gasteiger partial charge in [0.05, 0.1) is 13.1 Å². The summed E-state index contributed by atoms with van der Waals surface area (Å²) in [5, 5.41) is 4.54. The molecule has 0 saturated carbocycles. The third kappa shape index (κ3) is 7.10. The normalized spacial score (nSPS) is 15.8. The van der Waals surface area contributed by atoms with Gasteiger partial charge in [-0.3, -0.25) is 19.8 Å². The molecule has 17 heavy (non-hydrogen) atoms. The topological polar surface area (TPSA) is 66.0 Å². The number of quaternary nitrogens is 1. The van der Waals surface area contributed by atoms with Crippen molar-refractivity contribution >= 4 is 11.8 Å². The summed E-state index contributed by atoms with van der Waals surface area (Å²) in [4.78, 5) is 24.4. The lowest BCUT2D eigenvalue weighted by Gasteiger charge is -2.24.